The average Bonchev–Trinajstić information content (AvgIpc) is 2.63. The number of benzene rings is 1. The van der Waals surface area contributed by atoms with Crippen LogP contribution in [-0.4, -0.2) is 9.78 Å². The zero-order chi connectivity index (χ0) is 11.5. The Morgan fingerprint density at radius 3 is 2.75 bits per heavy atom. The van der Waals surface area contributed by atoms with Gasteiger partial charge in [-0.15, -0.1) is 0 Å². The minimum atomic E-state index is -0.595. The minimum Gasteiger partial charge on any atom is -0.377 e. The number of hydrogen-bond donors (Lipinski definition) is 1. The van der Waals surface area contributed by atoms with Gasteiger partial charge < -0.3 is 5.32 Å². The van der Waals surface area contributed by atoms with E-state index in [0.29, 0.717) is 6.54 Å². The van der Waals surface area contributed by atoms with Gasteiger partial charge in [0, 0.05) is 19.3 Å². The maximum Gasteiger partial charge on any atom is 0.149 e. The number of aromatic nitrogens is 2. The van der Waals surface area contributed by atoms with E-state index in [-0.39, 0.29) is 5.69 Å². The normalized spacial score (nSPS) is 10.4. The molecule has 84 valence electrons. The van der Waals surface area contributed by atoms with Crippen LogP contribution in [0.4, 0.5) is 14.5 Å². The quantitative estimate of drug-likeness (QED) is 0.865. The summed E-state index contributed by atoms with van der Waals surface area (Å²) in [4.78, 5) is 0. The molecule has 0 saturated heterocycles. The topological polar surface area (TPSA) is 29.9 Å². The van der Waals surface area contributed by atoms with E-state index in [9.17, 15) is 8.78 Å². The molecular formula is C11H11F2N3. The molecule has 1 aromatic carbocycles. The van der Waals surface area contributed by atoms with Crippen LogP contribution in [0.5, 0.6) is 0 Å². The summed E-state index contributed by atoms with van der Waals surface area (Å²) in [6, 6.07) is 5.27. The molecule has 0 aliphatic heterocycles. The molecule has 0 bridgehead atoms. The number of hydrogen-bond acceptors (Lipinski definition) is 2. The lowest BCUT2D eigenvalue weighted by atomic mass is 10.3. The minimum absolute atomic E-state index is 0.280. The van der Waals surface area contributed by atoms with Crippen molar-refractivity contribution in [2.45, 2.75) is 6.54 Å². The molecule has 1 N–H and O–H groups in total. The first-order valence-corrected chi connectivity index (χ1v) is 4.82. The molecule has 0 spiro atoms. The first-order chi connectivity index (χ1) is 7.66. The molecular weight excluding hydrogens is 212 g/mol. The molecule has 0 saturated carbocycles. The fourth-order valence-electron chi connectivity index (χ4n) is 1.39. The molecule has 0 radical (unpaired) electrons. The fourth-order valence-corrected chi connectivity index (χ4v) is 1.39. The van der Waals surface area contributed by atoms with E-state index >= 15 is 0 Å². The molecule has 0 unspecified atom stereocenters. The lowest BCUT2D eigenvalue weighted by Gasteiger charge is -2.07. The zero-order valence-electron chi connectivity index (χ0n) is 8.74. The highest BCUT2D eigenvalue weighted by atomic mass is 19.1. The maximum atomic E-state index is 13.3. The zero-order valence-corrected chi connectivity index (χ0v) is 8.74. The highest BCUT2D eigenvalue weighted by Crippen LogP contribution is 2.15. The molecule has 0 atom stereocenters. The van der Waals surface area contributed by atoms with Crippen LogP contribution < -0.4 is 5.32 Å². The van der Waals surface area contributed by atoms with E-state index in [1.54, 1.807) is 17.9 Å². The standard InChI is InChI=1S/C11H11F2N3/c1-16-9(4-5-15-16)7-14-11-3-2-8(12)6-10(11)13/h2-6,14H,7H2,1H3. The highest BCUT2D eigenvalue weighted by Gasteiger charge is 2.04. The van der Waals surface area contributed by atoms with Crippen LogP contribution in [0.2, 0.25) is 0 Å². The third kappa shape index (κ3) is 2.18. The molecule has 16 heavy (non-hydrogen) atoms. The van der Waals surface area contributed by atoms with Crippen LogP contribution in [0.3, 0.4) is 0 Å². The van der Waals surface area contributed by atoms with Gasteiger partial charge in [0.05, 0.1) is 17.9 Å². The predicted octanol–water partition coefficient (Wildman–Crippen LogP) is 2.31. The Labute approximate surface area is 91.7 Å². The van der Waals surface area contributed by atoms with Gasteiger partial charge in [-0.05, 0) is 18.2 Å². The van der Waals surface area contributed by atoms with Crippen molar-refractivity contribution in [3.05, 3.63) is 47.8 Å². The van der Waals surface area contributed by atoms with Crippen molar-refractivity contribution in [3.63, 3.8) is 0 Å². The Morgan fingerprint density at radius 2 is 2.12 bits per heavy atom. The number of nitrogens with zero attached hydrogens (tertiary/aromatic N) is 2. The van der Waals surface area contributed by atoms with Gasteiger partial charge in [-0.3, -0.25) is 4.68 Å². The predicted molar refractivity (Wildman–Crippen MR) is 56.9 cm³/mol. The van der Waals surface area contributed by atoms with Crippen molar-refractivity contribution in [3.8, 4) is 0 Å². The number of rotatable bonds is 3. The van der Waals surface area contributed by atoms with Gasteiger partial charge in [0.2, 0.25) is 0 Å². The third-order valence-corrected chi connectivity index (χ3v) is 2.31. The van der Waals surface area contributed by atoms with Crippen LogP contribution in [0.1, 0.15) is 5.69 Å². The number of aryl methyl sites for hydroxylation is 1. The van der Waals surface area contributed by atoms with Crippen molar-refractivity contribution in [1.82, 2.24) is 9.78 Å². The van der Waals surface area contributed by atoms with Gasteiger partial charge in [0.15, 0.2) is 0 Å². The van der Waals surface area contributed by atoms with Gasteiger partial charge in [0.1, 0.15) is 11.6 Å². The van der Waals surface area contributed by atoms with E-state index in [1.807, 2.05) is 6.07 Å². The fraction of sp³-hybridized carbons (Fsp3) is 0.182. The average molecular weight is 223 g/mol. The van der Waals surface area contributed by atoms with Crippen LogP contribution in [0, 0.1) is 11.6 Å². The van der Waals surface area contributed by atoms with Crippen molar-refractivity contribution in [2.24, 2.45) is 7.05 Å². The van der Waals surface area contributed by atoms with Crippen LogP contribution in [-0.2, 0) is 13.6 Å². The molecule has 2 aromatic rings. The van der Waals surface area contributed by atoms with Crippen LogP contribution in [0.15, 0.2) is 30.5 Å². The van der Waals surface area contributed by atoms with E-state index in [1.165, 1.54) is 12.1 Å². The summed E-state index contributed by atoms with van der Waals surface area (Å²) in [5.41, 5.74) is 1.20. The molecule has 3 nitrogen and oxygen atoms in total. The van der Waals surface area contributed by atoms with Crippen molar-refractivity contribution in [1.29, 1.82) is 0 Å². The Kier molecular flexibility index (Phi) is 2.85. The second-order valence-electron chi connectivity index (χ2n) is 3.42. The summed E-state index contributed by atoms with van der Waals surface area (Å²) >= 11 is 0. The summed E-state index contributed by atoms with van der Waals surface area (Å²) in [6.45, 7) is 0.444. The van der Waals surface area contributed by atoms with Gasteiger partial charge in [-0.2, -0.15) is 5.10 Å². The van der Waals surface area contributed by atoms with Gasteiger partial charge in [-0.1, -0.05) is 0 Å². The van der Waals surface area contributed by atoms with Gasteiger partial charge in [-0.25, -0.2) is 8.78 Å². The second-order valence-corrected chi connectivity index (χ2v) is 3.42. The summed E-state index contributed by atoms with van der Waals surface area (Å²) in [6.07, 6.45) is 1.66. The smallest absolute Gasteiger partial charge is 0.149 e. The largest absolute Gasteiger partial charge is 0.377 e. The molecule has 0 aliphatic carbocycles. The molecule has 0 fully saturated rings. The number of nitrogens with one attached hydrogen (secondary N) is 1. The molecule has 2 rings (SSSR count). The van der Waals surface area contributed by atoms with E-state index in [0.717, 1.165) is 11.8 Å². The Morgan fingerprint density at radius 1 is 1.31 bits per heavy atom. The van der Waals surface area contributed by atoms with Crippen molar-refractivity contribution in [2.75, 3.05) is 5.32 Å². The number of anilines is 1. The van der Waals surface area contributed by atoms with E-state index in [4.69, 9.17) is 0 Å². The molecule has 1 aromatic heterocycles. The Bertz CT molecular complexity index is 494. The Hall–Kier alpha value is -1.91. The van der Waals surface area contributed by atoms with E-state index in [2.05, 4.69) is 10.4 Å². The van der Waals surface area contributed by atoms with Gasteiger partial charge >= 0.3 is 0 Å². The molecule has 0 aliphatic rings. The summed E-state index contributed by atoms with van der Waals surface area (Å²) in [5.74, 6) is -1.18. The SMILES string of the molecule is Cn1nccc1CNc1ccc(F)cc1F. The third-order valence-electron chi connectivity index (χ3n) is 2.31. The van der Waals surface area contributed by atoms with Crippen molar-refractivity contribution >= 4 is 5.69 Å². The monoisotopic (exact) mass is 223 g/mol. The first kappa shape index (κ1) is 10.6. The lowest BCUT2D eigenvalue weighted by Crippen LogP contribution is -2.06. The molecule has 0 amide bonds. The highest BCUT2D eigenvalue weighted by molar-refractivity contribution is 5.44. The molecule has 1 heterocycles. The summed E-state index contributed by atoms with van der Waals surface area (Å²) < 4.78 is 27.6. The van der Waals surface area contributed by atoms with Gasteiger partial charge in [0.25, 0.3) is 0 Å². The Balaban J connectivity index is 2.08. The maximum absolute atomic E-state index is 13.3. The summed E-state index contributed by atoms with van der Waals surface area (Å²) in [5, 5.41) is 6.87. The van der Waals surface area contributed by atoms with Crippen LogP contribution >= 0.6 is 0 Å². The van der Waals surface area contributed by atoms with Crippen molar-refractivity contribution < 1.29 is 8.78 Å². The van der Waals surface area contributed by atoms with Crippen LogP contribution in [0.25, 0.3) is 0 Å². The second kappa shape index (κ2) is 4.30. The number of halogens is 2. The lowest BCUT2D eigenvalue weighted by molar-refractivity contribution is 0.584. The first-order valence-electron chi connectivity index (χ1n) is 4.82. The molecule has 5 heteroatoms. The summed E-state index contributed by atoms with van der Waals surface area (Å²) in [7, 11) is 1.80. The van der Waals surface area contributed by atoms with E-state index < -0.39 is 11.6 Å².